The molecule has 0 saturated carbocycles. The third-order valence-electron chi connectivity index (χ3n) is 2.70. The highest BCUT2D eigenvalue weighted by Crippen LogP contribution is 2.21. The summed E-state index contributed by atoms with van der Waals surface area (Å²) in [6.45, 7) is -0.216. The summed E-state index contributed by atoms with van der Waals surface area (Å²) in [6, 6.07) is 11.0. The molecule has 2 aromatic carbocycles. The Morgan fingerprint density at radius 3 is 2.52 bits per heavy atom. The predicted molar refractivity (Wildman–Crippen MR) is 76.3 cm³/mol. The molecule has 0 aliphatic carbocycles. The van der Waals surface area contributed by atoms with E-state index in [0.717, 1.165) is 6.07 Å². The van der Waals surface area contributed by atoms with E-state index in [1.54, 1.807) is 12.1 Å². The van der Waals surface area contributed by atoms with Gasteiger partial charge in [-0.25, -0.2) is 8.42 Å². The summed E-state index contributed by atoms with van der Waals surface area (Å²) in [7, 11) is -3.93. The molecule has 0 fully saturated rings. The number of non-ortho nitro benzene ring substituents is 1. The lowest BCUT2D eigenvalue weighted by Crippen LogP contribution is -2.13. The number of nitrogens with one attached hydrogen (secondary N) is 1. The highest BCUT2D eigenvalue weighted by Gasteiger charge is 2.17. The standard InChI is InChI=1S/C13H12N2O5S/c16-9-10-3-1-4-11(7-10)14-21(19,20)13-6-2-5-12(8-13)15(17)18/h1-8,14,16H,9H2. The van der Waals surface area contributed by atoms with Gasteiger partial charge in [-0.1, -0.05) is 18.2 Å². The Labute approximate surface area is 121 Å². The molecule has 0 amide bonds. The number of benzene rings is 2. The van der Waals surface area contributed by atoms with Crippen molar-refractivity contribution in [1.29, 1.82) is 0 Å². The Bertz CT molecular complexity index is 774. The third-order valence-corrected chi connectivity index (χ3v) is 4.08. The molecule has 0 aromatic heterocycles. The van der Waals surface area contributed by atoms with E-state index < -0.39 is 14.9 Å². The van der Waals surface area contributed by atoms with Crippen LogP contribution in [0.15, 0.2) is 53.4 Å². The van der Waals surface area contributed by atoms with Crippen LogP contribution in [0.5, 0.6) is 0 Å². The maximum atomic E-state index is 12.2. The topological polar surface area (TPSA) is 110 Å². The van der Waals surface area contributed by atoms with E-state index >= 15 is 0 Å². The lowest BCUT2D eigenvalue weighted by molar-refractivity contribution is -0.385. The average molecular weight is 308 g/mol. The quantitative estimate of drug-likeness (QED) is 0.647. The van der Waals surface area contributed by atoms with E-state index in [9.17, 15) is 18.5 Å². The molecule has 0 saturated heterocycles. The van der Waals surface area contributed by atoms with Crippen molar-refractivity contribution in [2.75, 3.05) is 4.72 Å². The van der Waals surface area contributed by atoms with Gasteiger partial charge in [0.1, 0.15) is 0 Å². The van der Waals surface area contributed by atoms with Crippen LogP contribution in [-0.4, -0.2) is 18.4 Å². The number of hydrogen-bond donors (Lipinski definition) is 2. The van der Waals surface area contributed by atoms with Crippen molar-refractivity contribution in [2.45, 2.75) is 11.5 Å². The summed E-state index contributed by atoms with van der Waals surface area (Å²) >= 11 is 0. The molecule has 110 valence electrons. The normalized spacial score (nSPS) is 11.1. The van der Waals surface area contributed by atoms with Crippen LogP contribution in [0.3, 0.4) is 0 Å². The Balaban J connectivity index is 2.33. The molecule has 0 spiro atoms. The van der Waals surface area contributed by atoms with E-state index in [1.165, 1.54) is 30.3 Å². The van der Waals surface area contributed by atoms with Gasteiger partial charge >= 0.3 is 0 Å². The molecule has 7 nitrogen and oxygen atoms in total. The van der Waals surface area contributed by atoms with Gasteiger partial charge in [-0.2, -0.15) is 0 Å². The molecule has 2 N–H and O–H groups in total. The van der Waals surface area contributed by atoms with E-state index in [0.29, 0.717) is 5.56 Å². The molecule has 0 aliphatic rings. The van der Waals surface area contributed by atoms with E-state index in [4.69, 9.17) is 5.11 Å². The second-order valence-electron chi connectivity index (χ2n) is 4.22. The fraction of sp³-hybridized carbons (Fsp3) is 0.0769. The Kier molecular flexibility index (Phi) is 4.20. The average Bonchev–Trinajstić information content (AvgIpc) is 2.47. The minimum Gasteiger partial charge on any atom is -0.392 e. The number of nitro groups is 1. The zero-order chi connectivity index (χ0) is 15.5. The Morgan fingerprint density at radius 1 is 1.14 bits per heavy atom. The fourth-order valence-corrected chi connectivity index (χ4v) is 2.80. The smallest absolute Gasteiger partial charge is 0.270 e. The first kappa shape index (κ1) is 14.9. The number of rotatable bonds is 5. The van der Waals surface area contributed by atoms with E-state index in [2.05, 4.69) is 4.72 Å². The first-order chi connectivity index (χ1) is 9.92. The van der Waals surface area contributed by atoms with Crippen LogP contribution < -0.4 is 4.72 Å². The van der Waals surface area contributed by atoms with Gasteiger partial charge < -0.3 is 5.11 Å². The highest BCUT2D eigenvalue weighted by molar-refractivity contribution is 7.92. The summed E-state index contributed by atoms with van der Waals surface area (Å²) in [5.41, 5.74) is 0.518. The van der Waals surface area contributed by atoms with Crippen molar-refractivity contribution in [1.82, 2.24) is 0 Å². The van der Waals surface area contributed by atoms with Crippen molar-refractivity contribution < 1.29 is 18.4 Å². The summed E-state index contributed by atoms with van der Waals surface area (Å²) in [6.07, 6.45) is 0. The third kappa shape index (κ3) is 3.56. The monoisotopic (exact) mass is 308 g/mol. The summed E-state index contributed by atoms with van der Waals surface area (Å²) in [5.74, 6) is 0. The van der Waals surface area contributed by atoms with Crippen LogP contribution in [0.2, 0.25) is 0 Å². The highest BCUT2D eigenvalue weighted by atomic mass is 32.2. The molecule has 0 bridgehead atoms. The van der Waals surface area contributed by atoms with E-state index in [1.807, 2.05) is 0 Å². The molecule has 2 aromatic rings. The van der Waals surface area contributed by atoms with Crippen LogP contribution in [0.1, 0.15) is 5.56 Å². The molecule has 0 heterocycles. The van der Waals surface area contributed by atoms with E-state index in [-0.39, 0.29) is 22.9 Å². The van der Waals surface area contributed by atoms with Gasteiger partial charge in [0.2, 0.25) is 0 Å². The number of aliphatic hydroxyl groups excluding tert-OH is 1. The van der Waals surface area contributed by atoms with Gasteiger partial charge in [0.15, 0.2) is 0 Å². The minimum absolute atomic E-state index is 0.203. The van der Waals surface area contributed by atoms with Gasteiger partial charge in [-0.15, -0.1) is 0 Å². The van der Waals surface area contributed by atoms with Crippen LogP contribution in [0.4, 0.5) is 11.4 Å². The molecular formula is C13H12N2O5S. The van der Waals surface area contributed by atoms with Crippen LogP contribution >= 0.6 is 0 Å². The molecule has 0 radical (unpaired) electrons. The fourth-order valence-electron chi connectivity index (χ4n) is 1.71. The summed E-state index contributed by atoms with van der Waals surface area (Å²) < 4.78 is 26.7. The Hall–Kier alpha value is -2.45. The van der Waals surface area contributed by atoms with Gasteiger partial charge in [0.25, 0.3) is 15.7 Å². The van der Waals surface area contributed by atoms with Crippen LogP contribution in [-0.2, 0) is 16.6 Å². The number of aliphatic hydroxyl groups is 1. The number of nitrogens with zero attached hydrogens (tertiary/aromatic N) is 1. The maximum Gasteiger partial charge on any atom is 0.270 e. The lowest BCUT2D eigenvalue weighted by Gasteiger charge is -2.08. The van der Waals surface area contributed by atoms with Gasteiger partial charge in [0.05, 0.1) is 16.4 Å². The molecule has 8 heteroatoms. The van der Waals surface area contributed by atoms with Crippen LogP contribution in [0.25, 0.3) is 0 Å². The number of hydrogen-bond acceptors (Lipinski definition) is 5. The zero-order valence-electron chi connectivity index (χ0n) is 10.8. The largest absolute Gasteiger partial charge is 0.392 e. The maximum absolute atomic E-state index is 12.2. The minimum atomic E-state index is -3.93. The molecule has 0 atom stereocenters. The van der Waals surface area contributed by atoms with Crippen molar-refractivity contribution in [3.63, 3.8) is 0 Å². The van der Waals surface area contributed by atoms with Crippen molar-refractivity contribution >= 4 is 21.4 Å². The molecule has 21 heavy (non-hydrogen) atoms. The molecular weight excluding hydrogens is 296 g/mol. The zero-order valence-corrected chi connectivity index (χ0v) is 11.6. The van der Waals surface area contributed by atoms with Crippen molar-refractivity contribution in [3.8, 4) is 0 Å². The van der Waals surface area contributed by atoms with Crippen LogP contribution in [0, 0.1) is 10.1 Å². The summed E-state index contributed by atoms with van der Waals surface area (Å²) in [4.78, 5) is 9.82. The van der Waals surface area contributed by atoms with Gasteiger partial charge in [-0.3, -0.25) is 14.8 Å². The Morgan fingerprint density at radius 2 is 1.86 bits per heavy atom. The number of sulfonamides is 1. The molecule has 0 unspecified atom stereocenters. The first-order valence-electron chi connectivity index (χ1n) is 5.89. The molecule has 0 aliphatic heterocycles. The number of anilines is 1. The molecule has 2 rings (SSSR count). The lowest BCUT2D eigenvalue weighted by atomic mass is 10.2. The number of nitro benzene ring substituents is 1. The predicted octanol–water partition coefficient (Wildman–Crippen LogP) is 1.89. The first-order valence-corrected chi connectivity index (χ1v) is 7.38. The SMILES string of the molecule is O=[N+]([O-])c1cccc(S(=O)(=O)Nc2cccc(CO)c2)c1. The second kappa shape index (κ2) is 5.90. The second-order valence-corrected chi connectivity index (χ2v) is 5.90. The van der Waals surface area contributed by atoms with Crippen molar-refractivity contribution in [3.05, 3.63) is 64.2 Å². The summed E-state index contributed by atoms with van der Waals surface area (Å²) in [5, 5.41) is 19.7. The van der Waals surface area contributed by atoms with Gasteiger partial charge in [-0.05, 0) is 23.8 Å². The van der Waals surface area contributed by atoms with Gasteiger partial charge in [0, 0.05) is 17.8 Å². The van der Waals surface area contributed by atoms with Crippen molar-refractivity contribution in [2.24, 2.45) is 0 Å².